The standard InChI is InChI=1S/C10H18O/c1-5-6-7-9(8-11)10(2,3)4/h7-8H,5-6H2,1-4H3. The Kier molecular flexibility index (Phi) is 4.09. The molecule has 0 unspecified atom stereocenters. The van der Waals surface area contributed by atoms with E-state index in [9.17, 15) is 4.79 Å². The molecule has 0 aromatic heterocycles. The number of carbonyl (C=O) groups is 1. The first-order valence-corrected chi connectivity index (χ1v) is 4.18. The minimum Gasteiger partial charge on any atom is -0.298 e. The van der Waals surface area contributed by atoms with Gasteiger partial charge in [0.05, 0.1) is 0 Å². The summed E-state index contributed by atoms with van der Waals surface area (Å²) in [6.45, 7) is 8.29. The first-order valence-electron chi connectivity index (χ1n) is 4.18. The van der Waals surface area contributed by atoms with Gasteiger partial charge in [-0.15, -0.1) is 0 Å². The van der Waals surface area contributed by atoms with Gasteiger partial charge in [-0.3, -0.25) is 4.79 Å². The lowest BCUT2D eigenvalue weighted by molar-refractivity contribution is -0.105. The third-order valence-corrected chi connectivity index (χ3v) is 1.65. The molecule has 0 aliphatic heterocycles. The van der Waals surface area contributed by atoms with Crippen LogP contribution in [0.1, 0.15) is 40.5 Å². The third-order valence-electron chi connectivity index (χ3n) is 1.65. The zero-order valence-corrected chi connectivity index (χ0v) is 7.98. The van der Waals surface area contributed by atoms with Crippen LogP contribution in [0.2, 0.25) is 0 Å². The van der Waals surface area contributed by atoms with E-state index >= 15 is 0 Å². The number of hydrogen-bond acceptors (Lipinski definition) is 1. The first kappa shape index (κ1) is 10.4. The molecule has 0 amide bonds. The van der Waals surface area contributed by atoms with E-state index in [4.69, 9.17) is 0 Å². The van der Waals surface area contributed by atoms with Crippen molar-refractivity contribution in [2.24, 2.45) is 5.41 Å². The molecular formula is C10H18O. The fourth-order valence-electron chi connectivity index (χ4n) is 0.831. The van der Waals surface area contributed by atoms with E-state index in [-0.39, 0.29) is 5.41 Å². The van der Waals surface area contributed by atoms with Crippen molar-refractivity contribution in [1.29, 1.82) is 0 Å². The summed E-state index contributed by atoms with van der Waals surface area (Å²) in [6.07, 6.45) is 5.11. The van der Waals surface area contributed by atoms with Crippen molar-refractivity contribution in [2.45, 2.75) is 40.5 Å². The fraction of sp³-hybridized carbons (Fsp3) is 0.700. The molecule has 0 spiro atoms. The highest BCUT2D eigenvalue weighted by molar-refractivity contribution is 5.74. The van der Waals surface area contributed by atoms with Gasteiger partial charge in [0.25, 0.3) is 0 Å². The molecule has 0 radical (unpaired) electrons. The van der Waals surface area contributed by atoms with E-state index in [1.165, 1.54) is 0 Å². The van der Waals surface area contributed by atoms with Gasteiger partial charge in [-0.2, -0.15) is 0 Å². The molecule has 0 saturated carbocycles. The van der Waals surface area contributed by atoms with Crippen molar-refractivity contribution in [3.05, 3.63) is 11.6 Å². The average molecular weight is 154 g/mol. The lowest BCUT2D eigenvalue weighted by atomic mass is 9.86. The van der Waals surface area contributed by atoms with Crippen molar-refractivity contribution in [3.8, 4) is 0 Å². The molecule has 0 rings (SSSR count). The monoisotopic (exact) mass is 154 g/mol. The van der Waals surface area contributed by atoms with Crippen LogP contribution in [0.5, 0.6) is 0 Å². The molecule has 0 heterocycles. The van der Waals surface area contributed by atoms with Crippen molar-refractivity contribution >= 4 is 6.29 Å². The second-order valence-electron chi connectivity index (χ2n) is 3.82. The highest BCUT2D eigenvalue weighted by Gasteiger charge is 2.14. The Morgan fingerprint density at radius 1 is 1.36 bits per heavy atom. The lowest BCUT2D eigenvalue weighted by Crippen LogP contribution is -2.10. The summed E-state index contributed by atoms with van der Waals surface area (Å²) < 4.78 is 0. The van der Waals surface area contributed by atoms with Gasteiger partial charge in [0, 0.05) is 0 Å². The molecule has 0 fully saturated rings. The van der Waals surface area contributed by atoms with Gasteiger partial charge >= 0.3 is 0 Å². The molecule has 64 valence electrons. The Morgan fingerprint density at radius 2 is 1.91 bits per heavy atom. The fourth-order valence-corrected chi connectivity index (χ4v) is 0.831. The molecule has 0 atom stereocenters. The number of carbonyl (C=O) groups excluding carboxylic acids is 1. The molecule has 0 bridgehead atoms. The summed E-state index contributed by atoms with van der Waals surface area (Å²) in [6, 6.07) is 0. The maximum Gasteiger partial charge on any atom is 0.146 e. The molecule has 0 N–H and O–H groups in total. The zero-order chi connectivity index (χ0) is 8.91. The summed E-state index contributed by atoms with van der Waals surface area (Å²) in [5.74, 6) is 0. The van der Waals surface area contributed by atoms with Crippen LogP contribution in [0.3, 0.4) is 0 Å². The molecule has 1 nitrogen and oxygen atoms in total. The third kappa shape index (κ3) is 3.97. The molecule has 0 aliphatic carbocycles. The number of unbranched alkanes of at least 4 members (excludes halogenated alkanes) is 1. The van der Waals surface area contributed by atoms with E-state index in [1.54, 1.807) is 0 Å². The van der Waals surface area contributed by atoms with E-state index in [0.29, 0.717) is 0 Å². The van der Waals surface area contributed by atoms with Gasteiger partial charge in [0.15, 0.2) is 0 Å². The zero-order valence-electron chi connectivity index (χ0n) is 7.98. The van der Waals surface area contributed by atoms with Gasteiger partial charge in [0.1, 0.15) is 6.29 Å². The smallest absolute Gasteiger partial charge is 0.146 e. The summed E-state index contributed by atoms with van der Waals surface area (Å²) in [5.41, 5.74) is 0.927. The Hall–Kier alpha value is -0.590. The summed E-state index contributed by atoms with van der Waals surface area (Å²) in [7, 11) is 0. The van der Waals surface area contributed by atoms with Crippen LogP contribution in [0, 0.1) is 5.41 Å². The van der Waals surface area contributed by atoms with Crippen LogP contribution < -0.4 is 0 Å². The molecular weight excluding hydrogens is 136 g/mol. The molecule has 11 heavy (non-hydrogen) atoms. The van der Waals surface area contributed by atoms with Crippen molar-refractivity contribution in [3.63, 3.8) is 0 Å². The van der Waals surface area contributed by atoms with Gasteiger partial charge in [0.2, 0.25) is 0 Å². The van der Waals surface area contributed by atoms with E-state index in [2.05, 4.69) is 27.7 Å². The number of hydrogen-bond donors (Lipinski definition) is 0. The highest BCUT2D eigenvalue weighted by Crippen LogP contribution is 2.23. The van der Waals surface area contributed by atoms with Crippen LogP contribution in [0.4, 0.5) is 0 Å². The molecule has 1 heteroatoms. The number of aldehydes is 1. The molecule has 0 aromatic rings. The second-order valence-corrected chi connectivity index (χ2v) is 3.82. The van der Waals surface area contributed by atoms with Crippen molar-refractivity contribution in [1.82, 2.24) is 0 Å². The summed E-state index contributed by atoms with van der Waals surface area (Å²) in [4.78, 5) is 10.6. The summed E-state index contributed by atoms with van der Waals surface area (Å²) in [5, 5.41) is 0. The van der Waals surface area contributed by atoms with Crippen molar-refractivity contribution < 1.29 is 4.79 Å². The first-order chi connectivity index (χ1) is 5.02. The Morgan fingerprint density at radius 3 is 2.18 bits per heavy atom. The normalized spacial score (nSPS) is 13.3. The predicted molar refractivity (Wildman–Crippen MR) is 48.5 cm³/mol. The minimum atomic E-state index is 0.0108. The van der Waals surface area contributed by atoms with Gasteiger partial charge in [-0.05, 0) is 17.4 Å². The van der Waals surface area contributed by atoms with E-state index in [0.717, 1.165) is 24.7 Å². The molecule has 0 aliphatic rings. The van der Waals surface area contributed by atoms with Crippen LogP contribution in [0.15, 0.2) is 11.6 Å². The maximum atomic E-state index is 10.6. The van der Waals surface area contributed by atoms with Crippen LogP contribution in [0.25, 0.3) is 0 Å². The largest absolute Gasteiger partial charge is 0.298 e. The van der Waals surface area contributed by atoms with Crippen molar-refractivity contribution in [2.75, 3.05) is 0 Å². The SMILES string of the molecule is CCCC=C(C=O)C(C)(C)C. The van der Waals surface area contributed by atoms with Gasteiger partial charge < -0.3 is 0 Å². The predicted octanol–water partition coefficient (Wildman–Crippen LogP) is 2.96. The second kappa shape index (κ2) is 4.32. The molecule has 0 aromatic carbocycles. The van der Waals surface area contributed by atoms with Gasteiger partial charge in [-0.25, -0.2) is 0 Å². The number of rotatable bonds is 3. The maximum absolute atomic E-state index is 10.6. The summed E-state index contributed by atoms with van der Waals surface area (Å²) >= 11 is 0. The Bertz CT molecular complexity index is 149. The Labute approximate surface area is 69.5 Å². The van der Waals surface area contributed by atoms with Crippen LogP contribution >= 0.6 is 0 Å². The Balaban J connectivity index is 4.27. The lowest BCUT2D eigenvalue weighted by Gasteiger charge is -2.17. The number of allylic oxidation sites excluding steroid dienone is 2. The highest BCUT2D eigenvalue weighted by atomic mass is 16.1. The quantitative estimate of drug-likeness (QED) is 0.451. The van der Waals surface area contributed by atoms with E-state index < -0.39 is 0 Å². The van der Waals surface area contributed by atoms with Crippen LogP contribution in [-0.2, 0) is 4.79 Å². The topological polar surface area (TPSA) is 17.1 Å². The van der Waals surface area contributed by atoms with Crippen LogP contribution in [-0.4, -0.2) is 6.29 Å². The average Bonchev–Trinajstić information content (AvgIpc) is 1.87. The van der Waals surface area contributed by atoms with Gasteiger partial charge in [-0.1, -0.05) is 40.2 Å². The minimum absolute atomic E-state index is 0.0108. The van der Waals surface area contributed by atoms with E-state index in [1.807, 2.05) is 6.08 Å². The molecule has 0 saturated heterocycles.